The number of carbonyl (C=O) groups is 1. The Hall–Kier alpha value is -1.17. The zero-order valence-electron chi connectivity index (χ0n) is 23.3. The van der Waals surface area contributed by atoms with Gasteiger partial charge in [0.1, 0.15) is 42.7 Å². The highest BCUT2D eigenvalue weighted by molar-refractivity contribution is 5.76. The molecular formula is C24H46N6O12. The lowest BCUT2D eigenvalue weighted by Crippen LogP contribution is -2.70. The third-order valence-corrected chi connectivity index (χ3v) is 8.39. The van der Waals surface area contributed by atoms with E-state index in [1.54, 1.807) is 0 Å². The molecule has 18 heteroatoms. The molecule has 42 heavy (non-hydrogen) atoms. The second-order valence-electron chi connectivity index (χ2n) is 11.3. The largest absolute Gasteiger partial charge is 0.394 e. The Morgan fingerprint density at radius 1 is 0.810 bits per heavy atom. The summed E-state index contributed by atoms with van der Waals surface area (Å²) in [4.78, 5) is 12.0. The van der Waals surface area contributed by atoms with E-state index in [0.717, 1.165) is 0 Å². The summed E-state index contributed by atoms with van der Waals surface area (Å²) in [6.45, 7) is -0.547. The van der Waals surface area contributed by atoms with Crippen LogP contribution < -0.4 is 33.6 Å². The summed E-state index contributed by atoms with van der Waals surface area (Å²) in [7, 11) is 1.53. The molecule has 1 aliphatic carbocycles. The van der Waals surface area contributed by atoms with Crippen LogP contribution in [0.5, 0.6) is 0 Å². The summed E-state index contributed by atoms with van der Waals surface area (Å²) in [5.41, 5.74) is 23.6. The van der Waals surface area contributed by atoms with Crippen LogP contribution in [0.4, 0.5) is 0 Å². The van der Waals surface area contributed by atoms with E-state index in [-0.39, 0.29) is 25.8 Å². The Balaban J connectivity index is 1.42. The van der Waals surface area contributed by atoms with Crippen molar-refractivity contribution in [1.29, 1.82) is 0 Å². The summed E-state index contributed by atoms with van der Waals surface area (Å²) < 4.78 is 29.5. The number of likely N-dealkylation sites (N-methyl/N-ethyl adjacent to an activating group) is 1. The SMILES string of the molecule is CNC1C(O[C@H]2OC(CO)[C@@H](NC(=O)CCN)[C@@H](O)C2O)O[C@H]2CC(N)[C@@H](O[C@@H]3C(N)C[C@@H](N)C(O)[C@H]3O)OC2C1O. The van der Waals surface area contributed by atoms with Gasteiger partial charge in [-0.3, -0.25) is 4.79 Å². The number of nitrogens with two attached hydrogens (primary N) is 4. The maximum Gasteiger partial charge on any atom is 0.221 e. The van der Waals surface area contributed by atoms with Gasteiger partial charge in [0.15, 0.2) is 18.9 Å². The maximum absolute atomic E-state index is 12.0. The highest BCUT2D eigenvalue weighted by Gasteiger charge is 2.54. The van der Waals surface area contributed by atoms with Gasteiger partial charge in [-0.1, -0.05) is 0 Å². The zero-order valence-corrected chi connectivity index (χ0v) is 23.3. The van der Waals surface area contributed by atoms with Crippen LogP contribution in [-0.4, -0.2) is 161 Å². The maximum atomic E-state index is 12.0. The van der Waals surface area contributed by atoms with Gasteiger partial charge in [-0.2, -0.15) is 0 Å². The van der Waals surface area contributed by atoms with Crippen molar-refractivity contribution in [3.05, 3.63) is 0 Å². The topological polar surface area (TPSA) is 313 Å². The van der Waals surface area contributed by atoms with Crippen LogP contribution in [0.1, 0.15) is 19.3 Å². The summed E-state index contributed by atoms with van der Waals surface area (Å²) >= 11 is 0. The minimum atomic E-state index is -1.66. The molecule has 0 bridgehead atoms. The number of carbonyl (C=O) groups excluding carboxylic acids is 1. The predicted molar refractivity (Wildman–Crippen MR) is 141 cm³/mol. The van der Waals surface area contributed by atoms with Gasteiger partial charge in [-0.05, 0) is 19.9 Å². The first kappa shape index (κ1) is 33.7. The molecule has 4 aliphatic rings. The van der Waals surface area contributed by atoms with E-state index in [9.17, 15) is 35.4 Å². The third kappa shape index (κ3) is 6.89. The van der Waals surface area contributed by atoms with Gasteiger partial charge in [0.2, 0.25) is 5.91 Å². The normalized spacial score (nSPS) is 49.7. The third-order valence-electron chi connectivity index (χ3n) is 8.39. The van der Waals surface area contributed by atoms with E-state index in [4.69, 9.17) is 46.6 Å². The number of aliphatic hydroxyl groups excluding tert-OH is 6. The van der Waals surface area contributed by atoms with E-state index < -0.39 is 117 Å². The van der Waals surface area contributed by atoms with Crippen molar-refractivity contribution >= 4 is 5.91 Å². The van der Waals surface area contributed by atoms with Gasteiger partial charge < -0.3 is 87.9 Å². The first-order valence-electron chi connectivity index (χ1n) is 14.1. The highest BCUT2D eigenvalue weighted by Crippen LogP contribution is 2.35. The predicted octanol–water partition coefficient (Wildman–Crippen LogP) is -7.44. The van der Waals surface area contributed by atoms with Gasteiger partial charge in [0, 0.05) is 25.0 Å². The standard InChI is InChI=1S/C24H46N6O12/c1-29-14-17(35)21-10(5-9(28)22(41-21)40-20-8(27)4-7(26)15(33)18(20)36)38-23(14)42-24-19(37)16(34)13(11(6-31)39-24)30-12(32)2-3-25/h7-11,13-24,29,31,33-37H,2-6,25-28H2,1H3,(H,30,32)/t7-,8?,9?,10+,11?,13-,14?,15?,16-,17?,18-,19?,20-,21?,22+,23?,24-/m1/s1. The number of rotatable bonds is 9. The fourth-order valence-corrected chi connectivity index (χ4v) is 5.99. The van der Waals surface area contributed by atoms with Gasteiger partial charge in [-0.15, -0.1) is 0 Å². The van der Waals surface area contributed by atoms with Gasteiger partial charge in [0.25, 0.3) is 0 Å². The lowest BCUT2D eigenvalue weighted by Gasteiger charge is -2.51. The minimum absolute atomic E-state index is 0.0299. The fraction of sp³-hybridized carbons (Fsp3) is 0.958. The van der Waals surface area contributed by atoms with Crippen LogP contribution in [0, 0.1) is 0 Å². The zero-order chi connectivity index (χ0) is 30.9. The minimum Gasteiger partial charge on any atom is -0.394 e. The summed E-state index contributed by atoms with van der Waals surface area (Å²) in [6, 6.07) is -4.29. The van der Waals surface area contributed by atoms with Crippen molar-refractivity contribution in [2.24, 2.45) is 22.9 Å². The second kappa shape index (κ2) is 14.3. The molecule has 4 rings (SSSR count). The second-order valence-corrected chi connectivity index (χ2v) is 11.3. The number of ether oxygens (including phenoxy) is 5. The van der Waals surface area contributed by atoms with Crippen molar-refractivity contribution < 1.29 is 59.1 Å². The van der Waals surface area contributed by atoms with E-state index in [1.165, 1.54) is 7.05 Å². The average Bonchev–Trinajstić information content (AvgIpc) is 2.94. The molecule has 3 heterocycles. The number of aliphatic hydroxyl groups is 6. The molecule has 0 spiro atoms. The van der Waals surface area contributed by atoms with Crippen molar-refractivity contribution in [2.45, 2.75) is 123 Å². The Morgan fingerprint density at radius 2 is 1.52 bits per heavy atom. The van der Waals surface area contributed by atoms with E-state index >= 15 is 0 Å². The Bertz CT molecular complexity index is 893. The summed E-state index contributed by atoms with van der Waals surface area (Å²) in [5.74, 6) is -0.495. The quantitative estimate of drug-likeness (QED) is 0.115. The smallest absolute Gasteiger partial charge is 0.221 e. The molecule has 1 amide bonds. The van der Waals surface area contributed by atoms with Crippen molar-refractivity contribution in [2.75, 3.05) is 20.2 Å². The van der Waals surface area contributed by atoms with Crippen molar-refractivity contribution in [3.63, 3.8) is 0 Å². The average molecular weight is 611 g/mol. The number of hydrogen-bond acceptors (Lipinski definition) is 17. The molecule has 3 saturated heterocycles. The van der Waals surface area contributed by atoms with Gasteiger partial charge >= 0.3 is 0 Å². The molecule has 0 aromatic carbocycles. The van der Waals surface area contributed by atoms with Crippen LogP contribution in [0.3, 0.4) is 0 Å². The molecule has 1 saturated carbocycles. The van der Waals surface area contributed by atoms with Crippen molar-refractivity contribution in [3.8, 4) is 0 Å². The molecule has 0 aromatic heterocycles. The van der Waals surface area contributed by atoms with Crippen molar-refractivity contribution in [1.82, 2.24) is 10.6 Å². The molecule has 18 nitrogen and oxygen atoms in total. The first-order valence-corrected chi connectivity index (χ1v) is 14.1. The Kier molecular flexibility index (Phi) is 11.5. The van der Waals surface area contributed by atoms with Crippen LogP contribution in [-0.2, 0) is 28.5 Å². The fourth-order valence-electron chi connectivity index (χ4n) is 5.99. The summed E-state index contributed by atoms with van der Waals surface area (Å²) in [5, 5.41) is 68.6. The van der Waals surface area contributed by atoms with Crippen LogP contribution >= 0.6 is 0 Å². The lowest BCUT2D eigenvalue weighted by molar-refractivity contribution is -0.373. The van der Waals surface area contributed by atoms with Crippen LogP contribution in [0.2, 0.25) is 0 Å². The molecule has 3 aliphatic heterocycles. The molecule has 244 valence electrons. The Labute approximate surface area is 242 Å². The highest BCUT2D eigenvalue weighted by atomic mass is 16.8. The lowest BCUT2D eigenvalue weighted by atomic mass is 9.84. The van der Waals surface area contributed by atoms with Gasteiger partial charge in [0.05, 0.1) is 36.9 Å². The molecule has 0 aromatic rings. The monoisotopic (exact) mass is 610 g/mol. The molecule has 17 atom stereocenters. The van der Waals surface area contributed by atoms with Gasteiger partial charge in [-0.25, -0.2) is 0 Å². The molecule has 9 unspecified atom stereocenters. The van der Waals surface area contributed by atoms with E-state index in [1.807, 2.05) is 0 Å². The Morgan fingerprint density at radius 3 is 2.17 bits per heavy atom. The number of hydrogen-bond donors (Lipinski definition) is 12. The molecule has 16 N–H and O–H groups in total. The molecular weight excluding hydrogens is 564 g/mol. The number of nitrogens with one attached hydrogen (secondary N) is 2. The molecule has 0 radical (unpaired) electrons. The van der Waals surface area contributed by atoms with Crippen LogP contribution in [0.25, 0.3) is 0 Å². The van der Waals surface area contributed by atoms with E-state index in [2.05, 4.69) is 10.6 Å². The number of fused-ring (bicyclic) bond motifs is 1. The first-order chi connectivity index (χ1) is 19.9. The molecule has 4 fully saturated rings. The van der Waals surface area contributed by atoms with Crippen LogP contribution in [0.15, 0.2) is 0 Å². The number of amides is 1. The van der Waals surface area contributed by atoms with E-state index in [0.29, 0.717) is 0 Å². The summed E-state index contributed by atoms with van der Waals surface area (Å²) in [6.07, 6.45) is -14.6.